The molecule has 2 aromatic carbocycles. The second kappa shape index (κ2) is 6.45. The third-order valence-electron chi connectivity index (χ3n) is 5.18. The van der Waals surface area contributed by atoms with E-state index in [1.807, 2.05) is 0 Å². The number of hydrogen-bond acceptors (Lipinski definition) is 3. The van der Waals surface area contributed by atoms with Gasteiger partial charge in [0.2, 0.25) is 5.60 Å². The fraction of sp³-hybridized carbons (Fsp3) is 0.238. The van der Waals surface area contributed by atoms with Gasteiger partial charge < -0.3 is 10.2 Å². The third-order valence-corrected chi connectivity index (χ3v) is 5.18. The maximum atomic E-state index is 14.0. The van der Waals surface area contributed by atoms with E-state index in [1.54, 1.807) is 31.3 Å². The molecule has 0 spiro atoms. The van der Waals surface area contributed by atoms with E-state index in [0.29, 0.717) is 27.8 Å². The Morgan fingerprint density at radius 1 is 1.21 bits per heavy atom. The predicted octanol–water partition coefficient (Wildman–Crippen LogP) is 3.28. The predicted molar refractivity (Wildman–Crippen MR) is 100 cm³/mol. The second-order valence-electron chi connectivity index (χ2n) is 7.15. The van der Waals surface area contributed by atoms with Gasteiger partial charge in [-0.1, -0.05) is 42.0 Å². The van der Waals surface area contributed by atoms with Crippen LogP contribution in [0.25, 0.3) is 22.3 Å². The molecule has 5 nitrogen and oxygen atoms in total. The fourth-order valence-corrected chi connectivity index (χ4v) is 3.90. The molecule has 0 aliphatic heterocycles. The van der Waals surface area contributed by atoms with Gasteiger partial charge >= 0.3 is 12.1 Å². The monoisotopic (exact) mass is 403 g/mol. The average molecular weight is 403 g/mol. The zero-order valence-corrected chi connectivity index (χ0v) is 15.4. The first-order valence-electron chi connectivity index (χ1n) is 8.94. The summed E-state index contributed by atoms with van der Waals surface area (Å²) < 4.78 is 43.6. The maximum Gasteiger partial charge on any atom is 0.517 e. The van der Waals surface area contributed by atoms with Crippen LogP contribution in [-0.2, 0) is 16.9 Å². The number of aryl methyl sites for hydroxylation is 2. The molecule has 150 valence electrons. The Labute approximate surface area is 164 Å². The summed E-state index contributed by atoms with van der Waals surface area (Å²) >= 11 is 0. The zero-order valence-electron chi connectivity index (χ0n) is 15.4. The fourth-order valence-electron chi connectivity index (χ4n) is 3.90. The topological polar surface area (TPSA) is 78.0 Å². The molecule has 1 aliphatic rings. The largest absolute Gasteiger partial charge is 0.565 e. The number of rotatable bonds is 4. The van der Waals surface area contributed by atoms with E-state index in [1.165, 1.54) is 29.1 Å². The smallest absolute Gasteiger partial charge is 0.517 e. The van der Waals surface area contributed by atoms with Crippen molar-refractivity contribution in [1.82, 2.24) is 9.78 Å². The lowest BCUT2D eigenvalue weighted by molar-refractivity contribution is -0.246. The molecule has 1 unspecified atom stereocenters. The van der Waals surface area contributed by atoms with Gasteiger partial charge in [0.15, 0.2) is 0 Å². The number of benzene rings is 2. The summed E-state index contributed by atoms with van der Waals surface area (Å²) in [6, 6.07) is 9.11. The first-order chi connectivity index (χ1) is 13.6. The molecule has 0 saturated heterocycles. The highest BCUT2D eigenvalue weighted by molar-refractivity contribution is 5.92. The molecule has 0 fully saturated rings. The number of aromatic nitrogens is 2. The summed E-state index contributed by atoms with van der Waals surface area (Å²) in [7, 11) is 0. The van der Waals surface area contributed by atoms with E-state index in [4.69, 9.17) is 5.11 Å². The summed E-state index contributed by atoms with van der Waals surface area (Å²) in [6.45, 7) is 1.88. The van der Waals surface area contributed by atoms with E-state index in [0.717, 1.165) is 0 Å². The lowest BCUT2D eigenvalue weighted by Gasteiger charge is -2.28. The lowest BCUT2D eigenvalue weighted by Crippen LogP contribution is -2.41. The minimum Gasteiger partial charge on any atom is -0.565 e. The first-order valence-corrected chi connectivity index (χ1v) is 8.94. The third kappa shape index (κ3) is 2.91. The van der Waals surface area contributed by atoms with E-state index in [2.05, 4.69) is 5.10 Å². The highest BCUT2D eigenvalue weighted by Crippen LogP contribution is 2.57. The van der Waals surface area contributed by atoms with E-state index in [9.17, 15) is 23.1 Å². The molecule has 29 heavy (non-hydrogen) atoms. The molecule has 0 saturated carbocycles. The normalized spacial score (nSPS) is 17.8. The molecule has 0 bridgehead atoms. The molecule has 0 radical (unpaired) electrons. The molecule has 1 heterocycles. The number of halogens is 3. The van der Waals surface area contributed by atoms with Crippen LogP contribution in [-0.4, -0.2) is 32.1 Å². The van der Waals surface area contributed by atoms with Crippen LogP contribution in [0.3, 0.4) is 0 Å². The number of alkyl halides is 3. The van der Waals surface area contributed by atoms with Crippen LogP contribution in [0.2, 0.25) is 0 Å². The highest BCUT2D eigenvalue weighted by Gasteiger charge is 2.61. The van der Waals surface area contributed by atoms with Crippen molar-refractivity contribution >= 4 is 5.97 Å². The van der Waals surface area contributed by atoms with Crippen LogP contribution in [0.5, 0.6) is 0 Å². The summed E-state index contributed by atoms with van der Waals surface area (Å²) in [5.41, 5.74) is -1.17. The SMILES string of the molecule is Cc1cc(-c2cnn(CCC(=O)[OH2+])c2)c2c(c1)C(O)(C(F)(F)F)c1ccccc1-2. The molecule has 1 aromatic heterocycles. The Hall–Kier alpha value is -3.13. The maximum absolute atomic E-state index is 14.0. The highest BCUT2D eigenvalue weighted by atomic mass is 19.4. The summed E-state index contributed by atoms with van der Waals surface area (Å²) in [4.78, 5) is 10.9. The number of carbonyl (C=O) groups is 1. The molecule has 8 heteroatoms. The number of carbonyl (C=O) groups excluding carboxylic acids is 1. The van der Waals surface area contributed by atoms with Crippen LogP contribution in [0, 0.1) is 6.92 Å². The van der Waals surface area contributed by atoms with Crippen LogP contribution < -0.4 is 0 Å². The minimum absolute atomic E-state index is 0.0102. The number of hydrogen-bond donors (Lipinski definition) is 1. The molecular formula is C21H18F3N2O3+. The average Bonchev–Trinajstić information content (AvgIpc) is 3.22. The van der Waals surface area contributed by atoms with E-state index < -0.39 is 17.7 Å². The zero-order chi connectivity index (χ0) is 21.0. The molecule has 3 aromatic rings. The van der Waals surface area contributed by atoms with Gasteiger partial charge in [-0.3, -0.25) is 4.68 Å². The number of aliphatic hydroxyl groups is 1. The Kier molecular flexibility index (Phi) is 4.27. The van der Waals surface area contributed by atoms with Crippen molar-refractivity contribution < 1.29 is 28.2 Å². The van der Waals surface area contributed by atoms with Crippen molar-refractivity contribution in [2.75, 3.05) is 0 Å². The number of fused-ring (bicyclic) bond motifs is 3. The standard InChI is InChI=1S/C21H17F3N2O3/c1-12-8-15(13-10-25-26(11-13)7-6-18(27)28)19-14-4-2-3-5-16(14)20(29,17(19)9-12)21(22,23)24/h2-5,8-11,29H,6-7H2,1H3,(H,27,28)/p+1. The van der Waals surface area contributed by atoms with E-state index in [-0.39, 0.29) is 24.1 Å². The van der Waals surface area contributed by atoms with Crippen LogP contribution >= 0.6 is 0 Å². The van der Waals surface area contributed by atoms with Gasteiger partial charge in [0.25, 0.3) is 0 Å². The van der Waals surface area contributed by atoms with Crippen molar-refractivity contribution in [3.8, 4) is 22.3 Å². The Morgan fingerprint density at radius 2 is 1.93 bits per heavy atom. The number of nitrogens with zero attached hydrogens (tertiary/aromatic N) is 2. The quantitative estimate of drug-likeness (QED) is 0.679. The van der Waals surface area contributed by atoms with Gasteiger partial charge in [0, 0.05) is 27.7 Å². The molecule has 3 N–H and O–H groups in total. The summed E-state index contributed by atoms with van der Waals surface area (Å²) in [6.07, 6.45) is -1.76. The van der Waals surface area contributed by atoms with Gasteiger partial charge in [-0.2, -0.15) is 18.3 Å². The lowest BCUT2D eigenvalue weighted by atomic mass is 9.88. The van der Waals surface area contributed by atoms with Crippen molar-refractivity contribution in [3.05, 3.63) is 65.5 Å². The molecular weight excluding hydrogens is 385 g/mol. The van der Waals surface area contributed by atoms with Gasteiger partial charge in [0.05, 0.1) is 12.7 Å². The van der Waals surface area contributed by atoms with Crippen LogP contribution in [0.4, 0.5) is 13.2 Å². The van der Waals surface area contributed by atoms with Crippen molar-refractivity contribution in [2.45, 2.75) is 31.7 Å². The Balaban J connectivity index is 1.94. The Bertz CT molecular complexity index is 1120. The molecule has 0 amide bonds. The molecule has 1 atom stereocenters. The summed E-state index contributed by atoms with van der Waals surface area (Å²) in [5.74, 6) is -0.720. The van der Waals surface area contributed by atoms with E-state index >= 15 is 0 Å². The van der Waals surface area contributed by atoms with Gasteiger partial charge in [-0.25, -0.2) is 0 Å². The minimum atomic E-state index is -4.89. The van der Waals surface area contributed by atoms with Gasteiger partial charge in [0.1, 0.15) is 6.42 Å². The Morgan fingerprint density at radius 3 is 2.62 bits per heavy atom. The van der Waals surface area contributed by atoms with Gasteiger partial charge in [-0.05, 0) is 23.6 Å². The molecule has 4 rings (SSSR count). The van der Waals surface area contributed by atoms with Crippen LogP contribution in [0.1, 0.15) is 23.1 Å². The van der Waals surface area contributed by atoms with Crippen molar-refractivity contribution in [3.63, 3.8) is 0 Å². The second-order valence-corrected chi connectivity index (χ2v) is 7.15. The molecule has 1 aliphatic carbocycles. The van der Waals surface area contributed by atoms with Crippen molar-refractivity contribution in [1.29, 1.82) is 0 Å². The van der Waals surface area contributed by atoms with Crippen LogP contribution in [0.15, 0.2) is 48.8 Å². The first kappa shape index (κ1) is 19.2. The summed E-state index contributed by atoms with van der Waals surface area (Å²) in [5, 5.41) is 22.0. The van der Waals surface area contributed by atoms with Gasteiger partial charge in [-0.15, -0.1) is 0 Å². The van der Waals surface area contributed by atoms with Crippen molar-refractivity contribution in [2.24, 2.45) is 0 Å².